The van der Waals surface area contributed by atoms with Gasteiger partial charge in [-0.05, 0) is 36.0 Å². The largest absolute Gasteiger partial charge is 0.391 e. The number of carbonyl (C=O) groups excluding carboxylic acids is 1. The van der Waals surface area contributed by atoms with Gasteiger partial charge < -0.3 is 15.4 Å². The standard InChI is InChI=1S/C22H23N7O2/c1-22(2)8-13-7-17-21(31)28(6-5-27(17)18(13)9-22)20-15(12-30)16(3-4-25-20)29-11-14(10-23)19(24)26-29/h3-4,7,11,30H,5-6,8-9,12H2,1-2H3,(H2,24,26). The van der Waals surface area contributed by atoms with Gasteiger partial charge in [-0.1, -0.05) is 13.8 Å². The number of carbonyl (C=O) groups is 1. The first-order valence-corrected chi connectivity index (χ1v) is 10.2. The molecule has 5 rings (SSSR count). The first kappa shape index (κ1) is 19.3. The summed E-state index contributed by atoms with van der Waals surface area (Å²) < 4.78 is 3.58. The molecule has 1 amide bonds. The Morgan fingerprint density at radius 3 is 2.84 bits per heavy atom. The van der Waals surface area contributed by atoms with Gasteiger partial charge >= 0.3 is 0 Å². The molecule has 31 heavy (non-hydrogen) atoms. The molecule has 0 saturated heterocycles. The second-order valence-corrected chi connectivity index (χ2v) is 8.90. The van der Waals surface area contributed by atoms with E-state index in [0.717, 1.165) is 12.8 Å². The number of nitrogens with two attached hydrogens (primary N) is 1. The highest BCUT2D eigenvalue weighted by Crippen LogP contribution is 2.39. The summed E-state index contributed by atoms with van der Waals surface area (Å²) in [6.07, 6.45) is 5.00. The maximum atomic E-state index is 13.4. The van der Waals surface area contributed by atoms with Gasteiger partial charge in [0.05, 0.1) is 18.5 Å². The van der Waals surface area contributed by atoms with Crippen molar-refractivity contribution in [3.8, 4) is 11.8 Å². The van der Waals surface area contributed by atoms with E-state index in [9.17, 15) is 15.2 Å². The molecule has 2 aliphatic rings. The van der Waals surface area contributed by atoms with Crippen LogP contribution < -0.4 is 10.6 Å². The van der Waals surface area contributed by atoms with Crippen LogP contribution >= 0.6 is 0 Å². The van der Waals surface area contributed by atoms with E-state index in [1.807, 2.05) is 12.1 Å². The molecule has 1 aliphatic carbocycles. The number of aromatic nitrogens is 4. The van der Waals surface area contributed by atoms with Crippen LogP contribution in [-0.4, -0.2) is 36.9 Å². The molecule has 0 spiro atoms. The molecule has 0 fully saturated rings. The van der Waals surface area contributed by atoms with Gasteiger partial charge in [0.2, 0.25) is 0 Å². The summed E-state index contributed by atoms with van der Waals surface area (Å²) in [6, 6.07) is 5.67. The third kappa shape index (κ3) is 2.91. The normalized spacial score (nSPS) is 16.8. The maximum absolute atomic E-state index is 13.4. The number of pyridine rings is 1. The highest BCUT2D eigenvalue weighted by molar-refractivity contribution is 6.06. The van der Waals surface area contributed by atoms with E-state index in [2.05, 4.69) is 28.5 Å². The van der Waals surface area contributed by atoms with Crippen LogP contribution in [0.2, 0.25) is 0 Å². The van der Waals surface area contributed by atoms with Crippen LogP contribution in [0.15, 0.2) is 24.5 Å². The zero-order chi connectivity index (χ0) is 21.9. The third-order valence-electron chi connectivity index (χ3n) is 6.16. The number of aliphatic hydroxyl groups excluding tert-OH is 1. The number of aliphatic hydroxyl groups is 1. The van der Waals surface area contributed by atoms with Gasteiger partial charge in [-0.2, -0.15) is 5.26 Å². The summed E-state index contributed by atoms with van der Waals surface area (Å²) in [7, 11) is 0. The molecule has 0 saturated carbocycles. The van der Waals surface area contributed by atoms with Crippen molar-refractivity contribution in [3.63, 3.8) is 0 Å². The maximum Gasteiger partial charge on any atom is 0.276 e. The van der Waals surface area contributed by atoms with E-state index in [1.165, 1.54) is 22.1 Å². The Hall–Kier alpha value is -3.64. The van der Waals surface area contributed by atoms with Gasteiger partial charge in [-0.25, -0.2) is 9.67 Å². The molecule has 4 heterocycles. The minimum atomic E-state index is -0.338. The fraction of sp³-hybridized carbons (Fsp3) is 0.364. The Morgan fingerprint density at radius 1 is 1.32 bits per heavy atom. The molecule has 3 N–H and O–H groups in total. The lowest BCUT2D eigenvalue weighted by atomic mass is 9.90. The van der Waals surface area contributed by atoms with Gasteiger partial charge in [-0.3, -0.25) is 9.69 Å². The van der Waals surface area contributed by atoms with Crippen LogP contribution in [0.25, 0.3) is 5.69 Å². The summed E-state index contributed by atoms with van der Waals surface area (Å²) in [5, 5.41) is 23.5. The van der Waals surface area contributed by atoms with Crippen molar-refractivity contribution in [1.29, 1.82) is 5.26 Å². The average molecular weight is 417 g/mol. The Kier molecular flexibility index (Phi) is 4.17. The zero-order valence-electron chi connectivity index (χ0n) is 17.5. The predicted molar refractivity (Wildman–Crippen MR) is 114 cm³/mol. The van der Waals surface area contributed by atoms with E-state index >= 15 is 0 Å². The number of fused-ring (bicyclic) bond motifs is 3. The Morgan fingerprint density at radius 2 is 2.13 bits per heavy atom. The van der Waals surface area contributed by atoms with Crippen LogP contribution in [-0.2, 0) is 26.0 Å². The Balaban J connectivity index is 1.55. The predicted octanol–water partition coefficient (Wildman–Crippen LogP) is 1.80. The van der Waals surface area contributed by atoms with Gasteiger partial charge in [0.1, 0.15) is 23.1 Å². The SMILES string of the molecule is CC1(C)Cc2cc3n(c2C1)CCN(c1nccc(-n2cc(C#N)c(N)n2)c1CO)C3=O. The molecule has 158 valence electrons. The summed E-state index contributed by atoms with van der Waals surface area (Å²) >= 11 is 0. The van der Waals surface area contributed by atoms with Gasteiger partial charge in [0.25, 0.3) is 5.91 Å². The van der Waals surface area contributed by atoms with E-state index in [-0.39, 0.29) is 29.3 Å². The van der Waals surface area contributed by atoms with E-state index in [4.69, 9.17) is 5.73 Å². The van der Waals surface area contributed by atoms with Crippen molar-refractivity contribution < 1.29 is 9.90 Å². The van der Waals surface area contributed by atoms with Crippen LogP contribution in [0.5, 0.6) is 0 Å². The Bertz CT molecular complexity index is 1260. The summed E-state index contributed by atoms with van der Waals surface area (Å²) in [4.78, 5) is 19.4. The lowest BCUT2D eigenvalue weighted by molar-refractivity contribution is 0.0962. The second-order valence-electron chi connectivity index (χ2n) is 8.90. The monoisotopic (exact) mass is 417 g/mol. The lowest BCUT2D eigenvalue weighted by Gasteiger charge is -2.30. The molecule has 0 atom stereocenters. The highest BCUT2D eigenvalue weighted by atomic mass is 16.3. The molecular formula is C22H23N7O2. The van der Waals surface area contributed by atoms with E-state index in [1.54, 1.807) is 17.2 Å². The number of anilines is 2. The molecule has 1 aliphatic heterocycles. The molecule has 0 bridgehead atoms. The molecule has 9 nitrogen and oxygen atoms in total. The summed E-state index contributed by atoms with van der Waals surface area (Å²) in [6.45, 7) is 5.30. The highest BCUT2D eigenvalue weighted by Gasteiger charge is 2.37. The lowest BCUT2D eigenvalue weighted by Crippen LogP contribution is -2.41. The smallest absolute Gasteiger partial charge is 0.276 e. The summed E-state index contributed by atoms with van der Waals surface area (Å²) in [5.41, 5.74) is 10.4. The fourth-order valence-electron chi connectivity index (χ4n) is 4.78. The second kappa shape index (κ2) is 6.68. The van der Waals surface area contributed by atoms with Crippen molar-refractivity contribution in [2.75, 3.05) is 17.2 Å². The number of nitriles is 1. The fourth-order valence-corrected chi connectivity index (χ4v) is 4.78. The number of amides is 1. The molecule has 0 unspecified atom stereocenters. The Labute approximate surface area is 179 Å². The first-order valence-electron chi connectivity index (χ1n) is 10.2. The van der Waals surface area contributed by atoms with Crippen molar-refractivity contribution in [1.82, 2.24) is 19.3 Å². The molecule has 3 aromatic heterocycles. The van der Waals surface area contributed by atoms with Crippen molar-refractivity contribution in [2.45, 2.75) is 39.8 Å². The zero-order valence-corrected chi connectivity index (χ0v) is 17.5. The molecule has 3 aromatic rings. The van der Waals surface area contributed by atoms with E-state index < -0.39 is 0 Å². The molecule has 0 aromatic carbocycles. The number of hydrogen-bond donors (Lipinski definition) is 2. The van der Waals surface area contributed by atoms with Crippen LogP contribution in [0.4, 0.5) is 11.6 Å². The van der Waals surface area contributed by atoms with E-state index in [0.29, 0.717) is 35.9 Å². The number of nitrogen functional groups attached to an aromatic ring is 1. The van der Waals surface area contributed by atoms with Crippen LogP contribution in [0.3, 0.4) is 0 Å². The van der Waals surface area contributed by atoms with Crippen LogP contribution in [0.1, 0.15) is 46.7 Å². The average Bonchev–Trinajstić information content (AvgIpc) is 3.37. The van der Waals surface area contributed by atoms with Crippen molar-refractivity contribution in [2.24, 2.45) is 5.41 Å². The minimum absolute atomic E-state index is 0.106. The first-order chi connectivity index (χ1) is 14.8. The van der Waals surface area contributed by atoms with Gasteiger partial charge in [0.15, 0.2) is 5.82 Å². The summed E-state index contributed by atoms with van der Waals surface area (Å²) in [5.74, 6) is 0.370. The number of hydrogen-bond acceptors (Lipinski definition) is 6. The molecule has 9 heteroatoms. The minimum Gasteiger partial charge on any atom is -0.391 e. The van der Waals surface area contributed by atoms with Gasteiger partial charge in [-0.15, -0.1) is 5.10 Å². The topological polar surface area (TPSA) is 126 Å². The van der Waals surface area contributed by atoms with Crippen molar-refractivity contribution >= 4 is 17.5 Å². The van der Waals surface area contributed by atoms with Crippen molar-refractivity contribution in [3.05, 3.63) is 52.6 Å². The quantitative estimate of drug-likeness (QED) is 0.669. The number of rotatable bonds is 3. The third-order valence-corrected chi connectivity index (χ3v) is 6.16. The van der Waals surface area contributed by atoms with Gasteiger partial charge in [0, 0.05) is 30.5 Å². The molecule has 0 radical (unpaired) electrons. The van der Waals surface area contributed by atoms with Crippen LogP contribution in [0, 0.1) is 16.7 Å². The number of nitrogens with zero attached hydrogens (tertiary/aromatic N) is 6. The molecular weight excluding hydrogens is 394 g/mol.